The topological polar surface area (TPSA) is 42.0 Å². The molecule has 0 aliphatic carbocycles. The van der Waals surface area contributed by atoms with Crippen molar-refractivity contribution in [2.75, 3.05) is 5.32 Å². The van der Waals surface area contributed by atoms with Crippen molar-refractivity contribution in [3.8, 4) is 0 Å². The van der Waals surface area contributed by atoms with E-state index in [1.807, 2.05) is 13.8 Å². The minimum Gasteiger partial charge on any atom is -0.325 e. The number of hydrogen-bond acceptors (Lipinski definition) is 2. The number of rotatable bonds is 2. The Balaban J connectivity index is 0.00000154. The van der Waals surface area contributed by atoms with E-state index in [9.17, 15) is 18.0 Å². The van der Waals surface area contributed by atoms with Gasteiger partial charge in [0, 0.05) is 17.4 Å². The van der Waals surface area contributed by atoms with Crippen LogP contribution in [0.3, 0.4) is 0 Å². The summed E-state index contributed by atoms with van der Waals surface area (Å²) in [6, 6.07) is 1.45. The summed E-state index contributed by atoms with van der Waals surface area (Å²) in [5, 5.41) is 2.23. The highest BCUT2D eigenvalue weighted by molar-refractivity contribution is 9.10. The number of nitrogens with zero attached hydrogens (tertiary/aromatic N) is 1. The third-order valence-corrected chi connectivity index (χ3v) is 3.08. The van der Waals surface area contributed by atoms with Crippen LogP contribution in [0, 0.1) is 12.8 Å². The summed E-state index contributed by atoms with van der Waals surface area (Å²) in [5.74, 6) is -3.13. The van der Waals surface area contributed by atoms with Crippen molar-refractivity contribution in [1.29, 1.82) is 0 Å². The Morgan fingerprint density at radius 3 is 2.42 bits per heavy atom. The van der Waals surface area contributed by atoms with Gasteiger partial charge in [-0.3, -0.25) is 4.79 Å². The maximum atomic E-state index is 12.3. The lowest BCUT2D eigenvalue weighted by atomic mass is 10.1. The Labute approximate surface area is 118 Å². The SMILES string of the molecule is CC.Cc1c(NC(=O)C(C)C(F)(F)F)ccnc1Br. The molecule has 0 spiro atoms. The Morgan fingerprint density at radius 1 is 1.42 bits per heavy atom. The molecule has 0 aliphatic rings. The summed E-state index contributed by atoms with van der Waals surface area (Å²) in [6.07, 6.45) is -3.15. The number of hydrogen-bond donors (Lipinski definition) is 1. The van der Waals surface area contributed by atoms with E-state index in [4.69, 9.17) is 0 Å². The second-order valence-electron chi connectivity index (χ2n) is 3.53. The molecule has 1 aromatic heterocycles. The Hall–Kier alpha value is -1.11. The number of anilines is 1. The highest BCUT2D eigenvalue weighted by Crippen LogP contribution is 2.28. The second kappa shape index (κ2) is 7.47. The third-order valence-electron chi connectivity index (χ3n) is 2.28. The highest BCUT2D eigenvalue weighted by atomic mass is 79.9. The molecule has 7 heteroatoms. The lowest BCUT2D eigenvalue weighted by Gasteiger charge is -2.16. The van der Waals surface area contributed by atoms with E-state index in [2.05, 4.69) is 26.2 Å². The molecule has 1 N–H and O–H groups in total. The Kier molecular flexibility index (Phi) is 7.04. The smallest absolute Gasteiger partial charge is 0.325 e. The predicted molar refractivity (Wildman–Crippen MR) is 71.9 cm³/mol. The first-order valence-corrected chi connectivity index (χ1v) is 6.51. The van der Waals surface area contributed by atoms with Crippen LogP contribution in [0.2, 0.25) is 0 Å². The lowest BCUT2D eigenvalue weighted by molar-refractivity contribution is -0.175. The lowest BCUT2D eigenvalue weighted by Crippen LogP contribution is -2.32. The number of carbonyl (C=O) groups is 1. The fourth-order valence-electron chi connectivity index (χ4n) is 1.04. The average Bonchev–Trinajstić information content (AvgIpc) is 2.35. The molecule has 1 amide bonds. The van der Waals surface area contributed by atoms with Crippen LogP contribution in [-0.2, 0) is 4.79 Å². The van der Waals surface area contributed by atoms with Gasteiger partial charge in [0.05, 0.1) is 0 Å². The molecule has 0 radical (unpaired) electrons. The van der Waals surface area contributed by atoms with Crippen LogP contribution < -0.4 is 5.32 Å². The van der Waals surface area contributed by atoms with Crippen molar-refractivity contribution >= 4 is 27.5 Å². The molecule has 1 rings (SSSR count). The van der Waals surface area contributed by atoms with Gasteiger partial charge in [-0.25, -0.2) is 4.98 Å². The summed E-state index contributed by atoms with van der Waals surface area (Å²) in [5.41, 5.74) is 0.892. The van der Waals surface area contributed by atoms with Gasteiger partial charge in [-0.15, -0.1) is 0 Å². The summed E-state index contributed by atoms with van der Waals surface area (Å²) in [4.78, 5) is 15.2. The van der Waals surface area contributed by atoms with Crippen molar-refractivity contribution in [3.63, 3.8) is 0 Å². The van der Waals surface area contributed by atoms with Gasteiger partial charge in [0.1, 0.15) is 10.5 Å². The summed E-state index contributed by atoms with van der Waals surface area (Å²) >= 11 is 3.13. The van der Waals surface area contributed by atoms with Crippen LogP contribution in [0.4, 0.5) is 18.9 Å². The van der Waals surface area contributed by atoms with Gasteiger partial charge in [-0.05, 0) is 35.8 Å². The van der Waals surface area contributed by atoms with Crippen molar-refractivity contribution in [3.05, 3.63) is 22.4 Å². The zero-order valence-corrected chi connectivity index (χ0v) is 12.7. The zero-order valence-electron chi connectivity index (χ0n) is 11.1. The van der Waals surface area contributed by atoms with Crippen LogP contribution in [-0.4, -0.2) is 17.1 Å². The molecule has 0 fully saturated rings. The van der Waals surface area contributed by atoms with E-state index in [-0.39, 0.29) is 0 Å². The molecular weight excluding hydrogens is 325 g/mol. The quantitative estimate of drug-likeness (QED) is 0.815. The highest BCUT2D eigenvalue weighted by Gasteiger charge is 2.41. The monoisotopic (exact) mass is 340 g/mol. The minimum atomic E-state index is -4.54. The van der Waals surface area contributed by atoms with Crippen LogP contribution >= 0.6 is 15.9 Å². The van der Waals surface area contributed by atoms with Crippen molar-refractivity contribution in [2.45, 2.75) is 33.9 Å². The van der Waals surface area contributed by atoms with Gasteiger partial charge in [-0.1, -0.05) is 13.8 Å². The van der Waals surface area contributed by atoms with Gasteiger partial charge < -0.3 is 5.32 Å². The normalized spacial score (nSPS) is 12.2. The largest absolute Gasteiger partial charge is 0.400 e. The van der Waals surface area contributed by atoms with Gasteiger partial charge in [0.15, 0.2) is 0 Å². The maximum Gasteiger partial charge on any atom is 0.400 e. The Morgan fingerprint density at radius 2 is 1.95 bits per heavy atom. The van der Waals surface area contributed by atoms with Crippen LogP contribution in [0.1, 0.15) is 26.3 Å². The van der Waals surface area contributed by atoms with Gasteiger partial charge in [-0.2, -0.15) is 13.2 Å². The number of alkyl halides is 3. The molecule has 108 valence electrons. The molecule has 1 aromatic rings. The minimum absolute atomic E-state index is 0.313. The standard InChI is InChI=1S/C10H10BrF3N2O.C2H6/c1-5-7(3-4-15-8(5)11)16-9(17)6(2)10(12,13)14;1-2/h3-4,6H,1-2H3,(H,15,16,17);1-2H3. The van der Waals surface area contributed by atoms with Crippen LogP contribution in [0.5, 0.6) is 0 Å². The van der Waals surface area contributed by atoms with Gasteiger partial charge >= 0.3 is 6.18 Å². The summed E-state index contributed by atoms with van der Waals surface area (Å²) in [7, 11) is 0. The van der Waals surface area contributed by atoms with Gasteiger partial charge in [0.25, 0.3) is 0 Å². The molecule has 1 atom stereocenters. The molecule has 0 aromatic carbocycles. The van der Waals surface area contributed by atoms with Crippen molar-refractivity contribution < 1.29 is 18.0 Å². The number of carbonyl (C=O) groups excluding carboxylic acids is 1. The van der Waals surface area contributed by atoms with Crippen LogP contribution in [0.25, 0.3) is 0 Å². The van der Waals surface area contributed by atoms with Crippen molar-refractivity contribution in [2.24, 2.45) is 5.92 Å². The first-order chi connectivity index (χ1) is 8.73. The van der Waals surface area contributed by atoms with E-state index < -0.39 is 18.0 Å². The molecule has 0 bridgehead atoms. The molecule has 0 saturated carbocycles. The predicted octanol–water partition coefficient (Wildman–Crippen LogP) is 4.32. The van der Waals surface area contributed by atoms with E-state index >= 15 is 0 Å². The van der Waals surface area contributed by atoms with E-state index in [1.165, 1.54) is 12.3 Å². The molecule has 1 unspecified atom stereocenters. The number of pyridine rings is 1. The zero-order chi connectivity index (χ0) is 15.2. The van der Waals surface area contributed by atoms with E-state index in [0.29, 0.717) is 15.9 Å². The van der Waals surface area contributed by atoms with Gasteiger partial charge in [0.2, 0.25) is 5.91 Å². The second-order valence-corrected chi connectivity index (χ2v) is 4.28. The Bertz CT molecular complexity index is 435. The fraction of sp³-hybridized carbons (Fsp3) is 0.500. The third kappa shape index (κ3) is 5.18. The molecule has 0 saturated heterocycles. The van der Waals surface area contributed by atoms with Crippen LogP contribution in [0.15, 0.2) is 16.9 Å². The first-order valence-electron chi connectivity index (χ1n) is 5.72. The number of nitrogens with one attached hydrogen (secondary N) is 1. The fourth-order valence-corrected chi connectivity index (χ4v) is 1.37. The molecule has 3 nitrogen and oxygen atoms in total. The van der Waals surface area contributed by atoms with Crippen molar-refractivity contribution in [1.82, 2.24) is 4.98 Å². The number of aromatic nitrogens is 1. The summed E-state index contributed by atoms with van der Waals surface area (Å²) in [6.45, 7) is 6.46. The van der Waals surface area contributed by atoms with E-state index in [1.54, 1.807) is 6.92 Å². The number of halogens is 4. The number of amides is 1. The molecule has 1 heterocycles. The maximum absolute atomic E-state index is 12.3. The molecule has 0 aliphatic heterocycles. The summed E-state index contributed by atoms with van der Waals surface area (Å²) < 4.78 is 37.4. The van der Waals surface area contributed by atoms with E-state index in [0.717, 1.165) is 6.92 Å². The first kappa shape index (κ1) is 17.9. The molecule has 19 heavy (non-hydrogen) atoms. The molecular formula is C12H16BrF3N2O. The average molecular weight is 341 g/mol.